The van der Waals surface area contributed by atoms with Gasteiger partial charge < -0.3 is 4.98 Å². The van der Waals surface area contributed by atoms with E-state index in [1.54, 1.807) is 0 Å². The zero-order valence-corrected chi connectivity index (χ0v) is 26.6. The third-order valence-electron chi connectivity index (χ3n) is 8.41. The van der Waals surface area contributed by atoms with Crippen LogP contribution in [0.5, 0.6) is 0 Å². The van der Waals surface area contributed by atoms with Gasteiger partial charge in [0.05, 0.1) is 16.7 Å². The maximum Gasteiger partial charge on any atom is 0.160 e. The first-order chi connectivity index (χ1) is 23.1. The highest BCUT2D eigenvalue weighted by atomic mass is 32.1. The van der Waals surface area contributed by atoms with Gasteiger partial charge in [-0.2, -0.15) is 0 Å². The zero-order chi connectivity index (χ0) is 31.7. The van der Waals surface area contributed by atoms with Gasteiger partial charge in [0.15, 0.2) is 5.84 Å². The first-order valence-corrected chi connectivity index (χ1v) is 16.4. The number of aliphatic imine (C=N–C) groups is 2. The maximum absolute atomic E-state index is 5.06. The number of thiophene rings is 1. The molecule has 0 radical (unpaired) electrons. The van der Waals surface area contributed by atoms with E-state index >= 15 is 0 Å². The van der Waals surface area contributed by atoms with E-state index in [1.807, 2.05) is 97.1 Å². The SMILES string of the molecule is C=C(N=C(N=C(C)c1ccc2c(c1)sc1cccc(-c3ccc4nc(-c5ccccc5)[nH]c4c3)c12)c1ccccc1)c1ccccc1. The molecule has 8 rings (SSSR count). The molecular formula is C42H30N4S. The van der Waals surface area contributed by atoms with Crippen LogP contribution in [0.4, 0.5) is 0 Å². The van der Waals surface area contributed by atoms with Crippen molar-refractivity contribution in [3.8, 4) is 22.5 Å². The Morgan fingerprint density at radius 1 is 0.638 bits per heavy atom. The van der Waals surface area contributed by atoms with Gasteiger partial charge >= 0.3 is 0 Å². The van der Waals surface area contributed by atoms with Crippen LogP contribution in [0, 0.1) is 0 Å². The minimum atomic E-state index is 0.639. The van der Waals surface area contributed by atoms with Crippen molar-refractivity contribution in [2.24, 2.45) is 9.98 Å². The molecule has 2 heterocycles. The number of aromatic nitrogens is 2. The predicted octanol–water partition coefficient (Wildman–Crippen LogP) is 11.2. The third-order valence-corrected chi connectivity index (χ3v) is 9.53. The Kier molecular flexibility index (Phi) is 7.36. The van der Waals surface area contributed by atoms with E-state index in [-0.39, 0.29) is 0 Å². The van der Waals surface area contributed by atoms with E-state index in [2.05, 4.69) is 78.3 Å². The van der Waals surface area contributed by atoms with Crippen LogP contribution in [0.1, 0.15) is 23.6 Å². The van der Waals surface area contributed by atoms with Gasteiger partial charge in [-0.25, -0.2) is 15.0 Å². The van der Waals surface area contributed by atoms with Crippen molar-refractivity contribution in [1.82, 2.24) is 9.97 Å². The van der Waals surface area contributed by atoms with Crippen molar-refractivity contribution >= 4 is 59.8 Å². The Morgan fingerprint density at radius 2 is 1.36 bits per heavy atom. The highest BCUT2D eigenvalue weighted by Crippen LogP contribution is 2.41. The molecule has 47 heavy (non-hydrogen) atoms. The topological polar surface area (TPSA) is 53.4 Å². The van der Waals surface area contributed by atoms with Crippen molar-refractivity contribution in [1.29, 1.82) is 0 Å². The van der Waals surface area contributed by atoms with Crippen LogP contribution >= 0.6 is 11.3 Å². The first kappa shape index (κ1) is 28.6. The average molecular weight is 623 g/mol. The molecule has 224 valence electrons. The van der Waals surface area contributed by atoms with Crippen LogP contribution in [0.3, 0.4) is 0 Å². The number of benzene rings is 6. The van der Waals surface area contributed by atoms with Gasteiger partial charge in [0.2, 0.25) is 0 Å². The number of rotatable bonds is 6. The lowest BCUT2D eigenvalue weighted by atomic mass is 9.98. The molecule has 2 aromatic heterocycles. The number of H-pyrrole nitrogens is 1. The fourth-order valence-corrected chi connectivity index (χ4v) is 7.16. The van der Waals surface area contributed by atoms with Gasteiger partial charge in [0.1, 0.15) is 5.82 Å². The summed E-state index contributed by atoms with van der Waals surface area (Å²) in [6, 6.07) is 50.1. The van der Waals surface area contributed by atoms with Crippen molar-refractivity contribution in [3.63, 3.8) is 0 Å². The lowest BCUT2D eigenvalue weighted by Gasteiger charge is -2.08. The molecule has 0 aliphatic carbocycles. The molecule has 0 saturated carbocycles. The first-order valence-electron chi connectivity index (χ1n) is 15.6. The number of nitrogens with zero attached hydrogens (tertiary/aromatic N) is 3. The minimum Gasteiger partial charge on any atom is -0.338 e. The van der Waals surface area contributed by atoms with E-state index < -0.39 is 0 Å². The third kappa shape index (κ3) is 5.58. The lowest BCUT2D eigenvalue weighted by molar-refractivity contribution is 1.34. The number of hydrogen-bond acceptors (Lipinski definition) is 3. The quantitative estimate of drug-likeness (QED) is 0.146. The summed E-state index contributed by atoms with van der Waals surface area (Å²) in [4.78, 5) is 18.3. The molecule has 5 heteroatoms. The summed E-state index contributed by atoms with van der Waals surface area (Å²) in [5.74, 6) is 1.52. The van der Waals surface area contributed by atoms with Crippen LogP contribution in [-0.2, 0) is 0 Å². The lowest BCUT2D eigenvalue weighted by Crippen LogP contribution is -2.04. The summed E-state index contributed by atoms with van der Waals surface area (Å²) < 4.78 is 2.48. The molecule has 8 aromatic rings. The standard InChI is InChI=1S/C42H30N4S/c1-27(29-13-6-3-7-14-29)43-41(30-15-8-4-9-16-30)44-28(2)32-21-23-35-39(26-32)47-38-20-12-19-34(40(35)38)33-22-24-36-37(25-33)46-42(45-36)31-17-10-5-11-18-31/h3-26H,1H2,2H3,(H,45,46). The van der Waals surface area contributed by atoms with Gasteiger partial charge in [-0.1, -0.05) is 128 Å². The highest BCUT2D eigenvalue weighted by molar-refractivity contribution is 7.26. The smallest absolute Gasteiger partial charge is 0.160 e. The van der Waals surface area contributed by atoms with Gasteiger partial charge in [-0.15, -0.1) is 11.3 Å². The fourth-order valence-electron chi connectivity index (χ4n) is 5.99. The van der Waals surface area contributed by atoms with Gasteiger partial charge in [0, 0.05) is 37.0 Å². The number of aromatic amines is 1. The van der Waals surface area contributed by atoms with Crippen molar-refractivity contribution in [3.05, 3.63) is 169 Å². The Bertz CT molecular complexity index is 2470. The molecule has 0 bridgehead atoms. The zero-order valence-electron chi connectivity index (χ0n) is 25.8. The molecule has 0 saturated heterocycles. The Balaban J connectivity index is 1.18. The van der Waals surface area contributed by atoms with Crippen molar-refractivity contribution < 1.29 is 0 Å². The number of imidazole rings is 1. The maximum atomic E-state index is 5.06. The Labute approximate surface area is 277 Å². The summed E-state index contributed by atoms with van der Waals surface area (Å²) in [7, 11) is 0. The fraction of sp³-hybridized carbons (Fsp3) is 0.0238. The van der Waals surface area contributed by atoms with Crippen LogP contribution in [0.25, 0.3) is 59.4 Å². The second-order valence-corrected chi connectivity index (χ2v) is 12.6. The average Bonchev–Trinajstić information content (AvgIpc) is 3.73. The molecule has 0 amide bonds. The molecule has 0 spiro atoms. The Morgan fingerprint density at radius 3 is 2.13 bits per heavy atom. The van der Waals surface area contributed by atoms with Crippen molar-refractivity contribution in [2.45, 2.75) is 6.92 Å². The van der Waals surface area contributed by atoms with Crippen LogP contribution < -0.4 is 0 Å². The number of hydrogen-bond donors (Lipinski definition) is 1. The van der Waals surface area contributed by atoms with E-state index in [0.717, 1.165) is 50.4 Å². The van der Waals surface area contributed by atoms with E-state index in [9.17, 15) is 0 Å². The number of fused-ring (bicyclic) bond motifs is 4. The van der Waals surface area contributed by atoms with Crippen LogP contribution in [0.2, 0.25) is 0 Å². The molecule has 6 aromatic carbocycles. The number of amidine groups is 1. The van der Waals surface area contributed by atoms with E-state index in [4.69, 9.17) is 15.0 Å². The van der Waals surface area contributed by atoms with E-state index in [1.165, 1.54) is 25.7 Å². The Hall–Kier alpha value is -5.91. The summed E-state index contributed by atoms with van der Waals surface area (Å²) >= 11 is 1.81. The molecule has 0 fully saturated rings. The van der Waals surface area contributed by atoms with E-state index in [0.29, 0.717) is 11.5 Å². The molecule has 4 nitrogen and oxygen atoms in total. The van der Waals surface area contributed by atoms with Gasteiger partial charge in [0.25, 0.3) is 0 Å². The molecule has 1 N–H and O–H groups in total. The predicted molar refractivity (Wildman–Crippen MR) is 201 cm³/mol. The summed E-state index contributed by atoms with van der Waals surface area (Å²) in [6.07, 6.45) is 0. The molecule has 0 atom stereocenters. The van der Waals surface area contributed by atoms with Gasteiger partial charge in [-0.3, -0.25) is 0 Å². The normalized spacial score (nSPS) is 12.3. The summed E-state index contributed by atoms with van der Waals surface area (Å²) in [5, 5.41) is 2.50. The monoisotopic (exact) mass is 622 g/mol. The van der Waals surface area contributed by atoms with Crippen molar-refractivity contribution in [2.75, 3.05) is 0 Å². The van der Waals surface area contributed by atoms with Crippen LogP contribution in [0.15, 0.2) is 162 Å². The largest absolute Gasteiger partial charge is 0.338 e. The number of nitrogens with one attached hydrogen (secondary N) is 1. The molecule has 0 aliphatic rings. The highest BCUT2D eigenvalue weighted by Gasteiger charge is 2.14. The molecular weight excluding hydrogens is 593 g/mol. The van der Waals surface area contributed by atoms with Crippen LogP contribution in [-0.4, -0.2) is 21.5 Å². The minimum absolute atomic E-state index is 0.639. The molecule has 0 unspecified atom stereocenters. The second kappa shape index (κ2) is 12.1. The van der Waals surface area contributed by atoms with Gasteiger partial charge in [-0.05, 0) is 53.4 Å². The summed E-state index contributed by atoms with van der Waals surface area (Å²) in [5.41, 5.74) is 9.99. The second-order valence-electron chi connectivity index (χ2n) is 11.5. The summed E-state index contributed by atoms with van der Waals surface area (Å²) in [6.45, 7) is 6.29. The molecule has 0 aliphatic heterocycles.